The van der Waals surface area contributed by atoms with Gasteiger partial charge in [-0.3, -0.25) is 0 Å². The molecule has 3 nitrogen and oxygen atoms in total. The largest absolute Gasteiger partial charge is 0.380 e. The van der Waals surface area contributed by atoms with E-state index in [1.54, 1.807) is 6.07 Å². The van der Waals surface area contributed by atoms with Crippen LogP contribution in [0, 0.1) is 5.82 Å². The minimum atomic E-state index is -0.122. The van der Waals surface area contributed by atoms with Gasteiger partial charge in [0.05, 0.1) is 12.3 Å². The Morgan fingerprint density at radius 3 is 2.74 bits per heavy atom. The fraction of sp³-hybridized carbons (Fsp3) is 0.600. The van der Waals surface area contributed by atoms with Crippen molar-refractivity contribution in [3.63, 3.8) is 0 Å². The van der Waals surface area contributed by atoms with Crippen molar-refractivity contribution >= 4 is 11.4 Å². The van der Waals surface area contributed by atoms with E-state index < -0.39 is 0 Å². The predicted molar refractivity (Wildman–Crippen MR) is 75.3 cm³/mol. The molecule has 2 aliphatic heterocycles. The van der Waals surface area contributed by atoms with Gasteiger partial charge >= 0.3 is 0 Å². The highest BCUT2D eigenvalue weighted by Gasteiger charge is 2.17. The zero-order chi connectivity index (χ0) is 13.1. The van der Waals surface area contributed by atoms with Gasteiger partial charge < -0.3 is 15.0 Å². The van der Waals surface area contributed by atoms with Crippen molar-refractivity contribution in [2.75, 3.05) is 36.5 Å². The average Bonchev–Trinajstić information content (AvgIpc) is 2.94. The second-order valence-electron chi connectivity index (χ2n) is 5.42. The van der Waals surface area contributed by atoms with E-state index in [9.17, 15) is 4.39 Å². The van der Waals surface area contributed by atoms with Gasteiger partial charge in [0.15, 0.2) is 0 Å². The molecule has 104 valence electrons. The number of hydrogen-bond donors (Lipinski definition) is 1. The quantitative estimate of drug-likeness (QED) is 0.908. The molecule has 1 aromatic carbocycles. The molecule has 1 unspecified atom stereocenters. The minimum Gasteiger partial charge on any atom is -0.380 e. The Bertz CT molecular complexity index is 426. The van der Waals surface area contributed by atoms with E-state index in [1.807, 2.05) is 12.1 Å². The molecule has 1 N–H and O–H groups in total. The Hall–Kier alpha value is -1.29. The van der Waals surface area contributed by atoms with E-state index in [0.29, 0.717) is 6.04 Å². The molecule has 0 bridgehead atoms. The summed E-state index contributed by atoms with van der Waals surface area (Å²) in [7, 11) is 0. The fourth-order valence-corrected chi connectivity index (χ4v) is 2.90. The molecular formula is C15H21FN2O. The van der Waals surface area contributed by atoms with Crippen LogP contribution in [-0.4, -0.2) is 32.3 Å². The number of ether oxygens (including phenoxy) is 1. The summed E-state index contributed by atoms with van der Waals surface area (Å²) in [6, 6.07) is 5.80. The fourth-order valence-electron chi connectivity index (χ4n) is 2.90. The van der Waals surface area contributed by atoms with Crippen LogP contribution >= 0.6 is 0 Å². The second kappa shape index (κ2) is 5.78. The van der Waals surface area contributed by atoms with E-state index >= 15 is 0 Å². The van der Waals surface area contributed by atoms with E-state index in [0.717, 1.165) is 50.5 Å². The topological polar surface area (TPSA) is 24.5 Å². The third-order valence-electron chi connectivity index (χ3n) is 3.93. The predicted octanol–water partition coefficient (Wildman–Crippen LogP) is 3.02. The van der Waals surface area contributed by atoms with Crippen LogP contribution < -0.4 is 10.2 Å². The van der Waals surface area contributed by atoms with Gasteiger partial charge in [0, 0.05) is 31.4 Å². The highest BCUT2D eigenvalue weighted by Crippen LogP contribution is 2.26. The summed E-state index contributed by atoms with van der Waals surface area (Å²) in [6.07, 6.45) is 4.50. The maximum atomic E-state index is 14.1. The van der Waals surface area contributed by atoms with E-state index in [2.05, 4.69) is 10.2 Å². The minimum absolute atomic E-state index is 0.122. The Balaban J connectivity index is 1.67. The summed E-state index contributed by atoms with van der Waals surface area (Å²) in [4.78, 5) is 2.13. The van der Waals surface area contributed by atoms with Gasteiger partial charge in [-0.2, -0.15) is 0 Å². The Morgan fingerprint density at radius 2 is 2.05 bits per heavy atom. The molecule has 1 atom stereocenters. The van der Waals surface area contributed by atoms with Crippen molar-refractivity contribution in [2.24, 2.45) is 0 Å². The van der Waals surface area contributed by atoms with Crippen LogP contribution in [0.2, 0.25) is 0 Å². The number of nitrogens with zero attached hydrogens (tertiary/aromatic N) is 1. The van der Waals surface area contributed by atoms with Crippen LogP contribution in [0.5, 0.6) is 0 Å². The van der Waals surface area contributed by atoms with Crippen LogP contribution in [0.3, 0.4) is 0 Å². The second-order valence-corrected chi connectivity index (χ2v) is 5.42. The van der Waals surface area contributed by atoms with E-state index in [4.69, 9.17) is 4.74 Å². The highest BCUT2D eigenvalue weighted by atomic mass is 19.1. The lowest BCUT2D eigenvalue weighted by atomic mass is 10.1. The van der Waals surface area contributed by atoms with Gasteiger partial charge in [-0.05, 0) is 43.9 Å². The van der Waals surface area contributed by atoms with Crippen LogP contribution in [0.15, 0.2) is 18.2 Å². The number of nitrogens with one attached hydrogen (secondary N) is 1. The third-order valence-corrected chi connectivity index (χ3v) is 3.93. The molecule has 0 aliphatic carbocycles. The number of benzene rings is 1. The van der Waals surface area contributed by atoms with E-state index in [1.165, 1.54) is 12.8 Å². The van der Waals surface area contributed by atoms with Crippen molar-refractivity contribution in [1.29, 1.82) is 0 Å². The lowest BCUT2D eigenvalue weighted by molar-refractivity contribution is 0.0876. The summed E-state index contributed by atoms with van der Waals surface area (Å²) in [6.45, 7) is 3.51. The summed E-state index contributed by atoms with van der Waals surface area (Å²) < 4.78 is 19.6. The molecule has 0 amide bonds. The zero-order valence-corrected chi connectivity index (χ0v) is 11.2. The monoisotopic (exact) mass is 264 g/mol. The van der Waals surface area contributed by atoms with E-state index in [-0.39, 0.29) is 5.82 Å². The Kier molecular flexibility index (Phi) is 3.87. The molecular weight excluding hydrogens is 243 g/mol. The molecule has 2 heterocycles. The number of rotatable bonds is 3. The van der Waals surface area contributed by atoms with Gasteiger partial charge in [0.25, 0.3) is 0 Å². The van der Waals surface area contributed by atoms with Gasteiger partial charge in [-0.1, -0.05) is 0 Å². The first-order valence-corrected chi connectivity index (χ1v) is 7.22. The normalized spacial score (nSPS) is 23.6. The lowest BCUT2D eigenvalue weighted by Gasteiger charge is -2.25. The molecule has 3 rings (SSSR count). The van der Waals surface area contributed by atoms with Crippen LogP contribution in [0.1, 0.15) is 25.7 Å². The van der Waals surface area contributed by atoms with Crippen LogP contribution in [0.25, 0.3) is 0 Å². The Morgan fingerprint density at radius 1 is 1.21 bits per heavy atom. The zero-order valence-electron chi connectivity index (χ0n) is 11.2. The molecule has 1 aromatic rings. The van der Waals surface area contributed by atoms with Crippen molar-refractivity contribution in [1.82, 2.24) is 0 Å². The molecule has 19 heavy (non-hydrogen) atoms. The van der Waals surface area contributed by atoms with Crippen molar-refractivity contribution in [2.45, 2.75) is 31.7 Å². The number of hydrogen-bond acceptors (Lipinski definition) is 3. The van der Waals surface area contributed by atoms with Crippen LogP contribution in [-0.2, 0) is 4.74 Å². The van der Waals surface area contributed by atoms with Crippen molar-refractivity contribution in [3.05, 3.63) is 24.0 Å². The lowest BCUT2D eigenvalue weighted by Crippen LogP contribution is -2.30. The van der Waals surface area contributed by atoms with Gasteiger partial charge in [-0.25, -0.2) is 4.39 Å². The molecule has 2 saturated heterocycles. The van der Waals surface area contributed by atoms with Crippen LogP contribution in [0.4, 0.5) is 15.8 Å². The first-order chi connectivity index (χ1) is 9.33. The number of halogens is 1. The molecule has 4 heteroatoms. The molecule has 0 radical (unpaired) electrons. The maximum Gasteiger partial charge on any atom is 0.148 e. The first-order valence-electron chi connectivity index (χ1n) is 7.22. The maximum absolute atomic E-state index is 14.1. The number of anilines is 2. The molecule has 0 spiro atoms. The highest BCUT2D eigenvalue weighted by molar-refractivity contribution is 5.57. The van der Waals surface area contributed by atoms with Crippen molar-refractivity contribution < 1.29 is 9.13 Å². The summed E-state index contributed by atoms with van der Waals surface area (Å²) in [5.41, 5.74) is 1.60. The van der Waals surface area contributed by atoms with Gasteiger partial charge in [0.1, 0.15) is 5.82 Å². The summed E-state index contributed by atoms with van der Waals surface area (Å²) >= 11 is 0. The first kappa shape index (κ1) is 12.7. The molecule has 0 aromatic heterocycles. The standard InChI is InChI=1S/C15H21FN2O/c16-14-10-12(17-13-4-3-9-19-11-13)5-6-15(14)18-7-1-2-8-18/h5-6,10,13,17H,1-4,7-9,11H2. The van der Waals surface area contributed by atoms with Gasteiger partial charge in [0.2, 0.25) is 0 Å². The van der Waals surface area contributed by atoms with Crippen molar-refractivity contribution in [3.8, 4) is 0 Å². The SMILES string of the molecule is Fc1cc(NC2CCCOC2)ccc1N1CCCC1. The molecule has 2 fully saturated rings. The molecule has 2 aliphatic rings. The summed E-state index contributed by atoms with van der Waals surface area (Å²) in [5, 5.41) is 3.36. The summed E-state index contributed by atoms with van der Waals surface area (Å²) in [5.74, 6) is -0.122. The third kappa shape index (κ3) is 3.00. The smallest absolute Gasteiger partial charge is 0.148 e. The Labute approximate surface area is 113 Å². The van der Waals surface area contributed by atoms with Gasteiger partial charge in [-0.15, -0.1) is 0 Å². The molecule has 0 saturated carbocycles. The average molecular weight is 264 g/mol.